The molecule has 0 bridgehead atoms. The molecule has 0 aliphatic carbocycles. The third kappa shape index (κ3) is 4.82. The Morgan fingerprint density at radius 2 is 1.58 bits per heavy atom. The fraction of sp³-hybridized carbons (Fsp3) is 0.417. The highest BCUT2D eigenvalue weighted by atomic mass is 16.5. The molecule has 3 rings (SSSR count). The maximum Gasteiger partial charge on any atom is 0.340 e. The molecule has 0 fully saturated rings. The Bertz CT molecular complexity index is 1100. The van der Waals surface area contributed by atoms with Crippen LogP contribution in [0.5, 0.6) is 0 Å². The lowest BCUT2D eigenvalue weighted by molar-refractivity contribution is -0.150. The highest BCUT2D eigenvalue weighted by Gasteiger charge is 2.30. The summed E-state index contributed by atoms with van der Waals surface area (Å²) >= 11 is 0. The summed E-state index contributed by atoms with van der Waals surface area (Å²) in [6.45, 7) is 4.25. The van der Waals surface area contributed by atoms with Crippen LogP contribution in [-0.4, -0.2) is 41.2 Å². The Kier molecular flexibility index (Phi) is 7.17. The Morgan fingerprint density at radius 3 is 2.23 bits per heavy atom. The maximum absolute atomic E-state index is 12.4. The maximum atomic E-state index is 12.4. The van der Waals surface area contributed by atoms with Crippen LogP contribution in [-0.2, 0) is 14.3 Å². The molecule has 0 aliphatic heterocycles. The number of hydrogen-bond acceptors (Lipinski definition) is 7. The number of nitrogens with zero attached hydrogens (tertiary/aromatic N) is 2. The second kappa shape index (κ2) is 9.83. The number of hydrogen-bond donors (Lipinski definition) is 1. The normalized spacial score (nSPS) is 13.4. The molecule has 1 N–H and O–H groups in total. The predicted octanol–water partition coefficient (Wildman–Crippen LogP) is 4.22. The molecule has 0 radical (unpaired) electrons. The van der Waals surface area contributed by atoms with Gasteiger partial charge in [-0.15, -0.1) is 0 Å². The van der Waals surface area contributed by atoms with Crippen LogP contribution >= 0.6 is 0 Å². The van der Waals surface area contributed by atoms with Gasteiger partial charge in [0.15, 0.2) is 0 Å². The van der Waals surface area contributed by atoms with Gasteiger partial charge >= 0.3 is 11.9 Å². The van der Waals surface area contributed by atoms with Gasteiger partial charge in [0.25, 0.3) is 0 Å². The highest BCUT2D eigenvalue weighted by Crippen LogP contribution is 2.32. The van der Waals surface area contributed by atoms with Gasteiger partial charge in [-0.3, -0.25) is 4.79 Å². The van der Waals surface area contributed by atoms with Gasteiger partial charge in [0, 0.05) is 5.56 Å². The Hall–Kier alpha value is -3.06. The van der Waals surface area contributed by atoms with E-state index in [1.165, 1.54) is 14.2 Å². The number of aliphatic hydroxyl groups excluding tert-OH is 1. The van der Waals surface area contributed by atoms with E-state index in [-0.39, 0.29) is 0 Å². The topological polar surface area (TPSA) is 98.6 Å². The molecule has 0 spiro atoms. The van der Waals surface area contributed by atoms with E-state index in [1.807, 2.05) is 0 Å². The first-order valence-electron chi connectivity index (χ1n) is 10.4. The zero-order valence-corrected chi connectivity index (χ0v) is 18.3. The third-order valence-electron chi connectivity index (χ3n) is 5.43. The summed E-state index contributed by atoms with van der Waals surface area (Å²) in [6, 6.07) is 10.4. The standard InChI is InChI=1S/C24H28N2O5/c1-14(2)8-5-11-17(24(29)31-4)22(27)15-9-6-12-18-20(15)25-19-13-7-10-16(21(19)26-18)23(28)30-3/h6-7,9-10,12-14,17,22,27H,5,8,11H2,1-4H3/t17-,22-/m1/s1. The number of carbonyl (C=O) groups excluding carboxylic acids is 2. The summed E-state index contributed by atoms with van der Waals surface area (Å²) in [7, 11) is 2.64. The smallest absolute Gasteiger partial charge is 0.340 e. The quantitative estimate of drug-likeness (QED) is 0.427. The zero-order chi connectivity index (χ0) is 22.5. The number of benzene rings is 2. The van der Waals surface area contributed by atoms with Crippen molar-refractivity contribution in [3.8, 4) is 0 Å². The summed E-state index contributed by atoms with van der Waals surface area (Å²) in [5.74, 6) is -1.14. The number of carbonyl (C=O) groups is 2. The van der Waals surface area contributed by atoms with E-state index in [4.69, 9.17) is 9.47 Å². The molecule has 0 saturated carbocycles. The van der Waals surface area contributed by atoms with Gasteiger partial charge in [-0.2, -0.15) is 0 Å². The van der Waals surface area contributed by atoms with Crippen molar-refractivity contribution in [3.63, 3.8) is 0 Å². The van der Waals surface area contributed by atoms with Gasteiger partial charge in [0.1, 0.15) is 5.52 Å². The molecule has 7 nitrogen and oxygen atoms in total. The van der Waals surface area contributed by atoms with Crippen LogP contribution < -0.4 is 0 Å². The molecule has 3 aromatic rings. The van der Waals surface area contributed by atoms with Crippen LogP contribution in [0.4, 0.5) is 0 Å². The van der Waals surface area contributed by atoms with E-state index in [0.717, 1.165) is 12.8 Å². The largest absolute Gasteiger partial charge is 0.469 e. The van der Waals surface area contributed by atoms with Gasteiger partial charge in [-0.25, -0.2) is 14.8 Å². The van der Waals surface area contributed by atoms with E-state index in [9.17, 15) is 14.7 Å². The fourth-order valence-corrected chi connectivity index (χ4v) is 3.77. The van der Waals surface area contributed by atoms with E-state index >= 15 is 0 Å². The highest BCUT2D eigenvalue weighted by molar-refractivity contribution is 6.03. The van der Waals surface area contributed by atoms with Gasteiger partial charge < -0.3 is 14.6 Å². The first-order chi connectivity index (χ1) is 14.9. The molecular weight excluding hydrogens is 396 g/mol. The molecule has 0 saturated heterocycles. The minimum atomic E-state index is -1.08. The lowest BCUT2D eigenvalue weighted by Gasteiger charge is -2.22. The molecule has 164 valence electrons. The lowest BCUT2D eigenvalue weighted by atomic mass is 9.89. The molecule has 1 aromatic heterocycles. The van der Waals surface area contributed by atoms with Gasteiger partial charge in [-0.1, -0.05) is 44.9 Å². The Balaban J connectivity index is 2.07. The van der Waals surface area contributed by atoms with Crippen molar-refractivity contribution < 1.29 is 24.2 Å². The number of aliphatic hydroxyl groups is 1. The molecule has 1 heterocycles. The molecule has 7 heteroatoms. The predicted molar refractivity (Wildman–Crippen MR) is 118 cm³/mol. The third-order valence-corrected chi connectivity index (χ3v) is 5.43. The van der Waals surface area contributed by atoms with Crippen molar-refractivity contribution in [1.29, 1.82) is 0 Å². The number of para-hydroxylation sites is 2. The van der Waals surface area contributed by atoms with Crippen molar-refractivity contribution in [2.75, 3.05) is 14.2 Å². The molecule has 2 atom stereocenters. The number of ether oxygens (including phenoxy) is 2. The summed E-state index contributed by atoms with van der Waals surface area (Å²) in [4.78, 5) is 33.8. The molecular formula is C24H28N2O5. The second-order valence-electron chi connectivity index (χ2n) is 8.00. The summed E-state index contributed by atoms with van der Waals surface area (Å²) < 4.78 is 9.81. The number of fused-ring (bicyclic) bond motifs is 2. The zero-order valence-electron chi connectivity index (χ0n) is 18.3. The molecule has 0 aliphatic rings. The van der Waals surface area contributed by atoms with Crippen LogP contribution in [0.15, 0.2) is 36.4 Å². The molecule has 31 heavy (non-hydrogen) atoms. The SMILES string of the molecule is COC(=O)c1cccc2nc3c([C@@H](O)[C@@H](CCCC(C)C)C(=O)OC)cccc3nc12. The van der Waals surface area contributed by atoms with Crippen LogP contribution in [0, 0.1) is 11.8 Å². The monoisotopic (exact) mass is 424 g/mol. The fourth-order valence-electron chi connectivity index (χ4n) is 3.77. The van der Waals surface area contributed by atoms with Crippen LogP contribution in [0.2, 0.25) is 0 Å². The second-order valence-corrected chi connectivity index (χ2v) is 8.00. The van der Waals surface area contributed by atoms with Crippen molar-refractivity contribution in [2.45, 2.75) is 39.2 Å². The number of methoxy groups -OCH3 is 2. The van der Waals surface area contributed by atoms with Crippen molar-refractivity contribution in [3.05, 3.63) is 47.5 Å². The number of rotatable bonds is 8. The average Bonchev–Trinajstić information content (AvgIpc) is 2.78. The number of aromatic nitrogens is 2. The van der Waals surface area contributed by atoms with Crippen molar-refractivity contribution in [2.24, 2.45) is 11.8 Å². The summed E-state index contributed by atoms with van der Waals surface area (Å²) in [5.41, 5.74) is 2.77. The lowest BCUT2D eigenvalue weighted by Crippen LogP contribution is -2.24. The first-order valence-corrected chi connectivity index (χ1v) is 10.4. The van der Waals surface area contributed by atoms with Crippen LogP contribution in [0.3, 0.4) is 0 Å². The van der Waals surface area contributed by atoms with Gasteiger partial charge in [-0.05, 0) is 30.5 Å². The molecule has 2 aromatic carbocycles. The minimum absolute atomic E-state index is 0.321. The molecule has 0 unspecified atom stereocenters. The van der Waals surface area contributed by atoms with Crippen LogP contribution in [0.1, 0.15) is 55.1 Å². The van der Waals surface area contributed by atoms with Crippen molar-refractivity contribution >= 4 is 34.0 Å². The van der Waals surface area contributed by atoms with Gasteiger partial charge in [0.05, 0.1) is 48.4 Å². The number of esters is 2. The van der Waals surface area contributed by atoms with E-state index < -0.39 is 24.0 Å². The minimum Gasteiger partial charge on any atom is -0.469 e. The summed E-state index contributed by atoms with van der Waals surface area (Å²) in [6.07, 6.45) is 1.18. The van der Waals surface area contributed by atoms with Gasteiger partial charge in [0.2, 0.25) is 0 Å². The Morgan fingerprint density at radius 1 is 0.935 bits per heavy atom. The van der Waals surface area contributed by atoms with E-state index in [2.05, 4.69) is 23.8 Å². The van der Waals surface area contributed by atoms with E-state index in [0.29, 0.717) is 45.5 Å². The van der Waals surface area contributed by atoms with Crippen molar-refractivity contribution in [1.82, 2.24) is 9.97 Å². The van der Waals surface area contributed by atoms with Crippen LogP contribution in [0.25, 0.3) is 22.1 Å². The van der Waals surface area contributed by atoms with E-state index in [1.54, 1.807) is 36.4 Å². The summed E-state index contributed by atoms with van der Waals surface area (Å²) in [5, 5.41) is 11.2. The first kappa shape index (κ1) is 22.6. The molecule has 0 amide bonds. The average molecular weight is 424 g/mol. The Labute approximate surface area is 181 Å².